The molecule has 0 atom stereocenters. The first-order valence-corrected chi connectivity index (χ1v) is 10.0. The number of aryl methyl sites for hydroxylation is 1. The highest BCUT2D eigenvalue weighted by atomic mass is 16.1. The van der Waals surface area contributed by atoms with Crippen molar-refractivity contribution in [2.24, 2.45) is 5.73 Å². The van der Waals surface area contributed by atoms with Gasteiger partial charge in [-0.25, -0.2) is 0 Å². The van der Waals surface area contributed by atoms with Gasteiger partial charge in [-0.3, -0.25) is 4.79 Å². The van der Waals surface area contributed by atoms with Gasteiger partial charge in [0.05, 0.1) is 0 Å². The molecule has 140 valence electrons. The standard InChI is InChI=1S/C25H29NO/c1-6-15-9-17-11-18(25(3,4)5)13-21(20(17)10-15)23-19-8-7-16(14(19)2)12-22(23)24(26)27/h9,11-13H,6-8,10H2,1-5H3,(H2,26,27). The molecular formula is C25H29NO. The fraction of sp³-hybridized carbons (Fsp3) is 0.400. The van der Waals surface area contributed by atoms with Crippen molar-refractivity contribution in [3.05, 3.63) is 62.7 Å². The molecule has 2 aliphatic carbocycles. The first kappa shape index (κ1) is 18.0. The Kier molecular flexibility index (Phi) is 4.06. The third-order valence-corrected chi connectivity index (χ3v) is 6.37. The van der Waals surface area contributed by atoms with E-state index in [0.29, 0.717) is 5.56 Å². The Bertz CT molecular complexity index is 1000. The van der Waals surface area contributed by atoms with Crippen LogP contribution in [-0.4, -0.2) is 5.91 Å². The SMILES string of the molecule is CCC1=Cc2cc(C(C)(C)C)cc(-c3c(C(N)=O)cc4c(C)c3CC4)c2C1. The zero-order chi connectivity index (χ0) is 19.5. The normalized spacial score (nSPS) is 15.1. The van der Waals surface area contributed by atoms with E-state index in [1.807, 2.05) is 6.07 Å². The predicted octanol–water partition coefficient (Wildman–Crippen LogP) is 5.51. The average Bonchev–Trinajstić information content (AvgIpc) is 3.10. The molecule has 2 heteroatoms. The summed E-state index contributed by atoms with van der Waals surface area (Å²) < 4.78 is 0. The van der Waals surface area contributed by atoms with Crippen LogP contribution in [0.1, 0.15) is 77.9 Å². The molecule has 1 amide bonds. The van der Waals surface area contributed by atoms with E-state index < -0.39 is 0 Å². The minimum absolute atomic E-state index is 0.0504. The van der Waals surface area contributed by atoms with E-state index in [1.165, 1.54) is 44.5 Å². The van der Waals surface area contributed by atoms with E-state index in [1.54, 1.807) is 0 Å². The van der Waals surface area contributed by atoms with Gasteiger partial charge in [0.15, 0.2) is 0 Å². The molecule has 2 aromatic carbocycles. The number of hydrogen-bond acceptors (Lipinski definition) is 1. The van der Waals surface area contributed by atoms with Crippen molar-refractivity contribution in [3.63, 3.8) is 0 Å². The van der Waals surface area contributed by atoms with Gasteiger partial charge >= 0.3 is 0 Å². The molecule has 0 saturated heterocycles. The van der Waals surface area contributed by atoms with E-state index in [2.05, 4.69) is 52.8 Å². The number of nitrogens with two attached hydrogens (primary N) is 1. The number of carbonyl (C=O) groups excluding carboxylic acids is 1. The molecule has 2 N–H and O–H groups in total. The van der Waals surface area contributed by atoms with Crippen molar-refractivity contribution >= 4 is 12.0 Å². The molecule has 0 radical (unpaired) electrons. The number of primary amides is 1. The van der Waals surface area contributed by atoms with E-state index in [-0.39, 0.29) is 11.3 Å². The van der Waals surface area contributed by atoms with Gasteiger partial charge < -0.3 is 5.73 Å². The van der Waals surface area contributed by atoms with Gasteiger partial charge in [-0.1, -0.05) is 51.5 Å². The van der Waals surface area contributed by atoms with Crippen molar-refractivity contribution in [1.82, 2.24) is 0 Å². The lowest BCUT2D eigenvalue weighted by Gasteiger charge is -2.24. The van der Waals surface area contributed by atoms with Gasteiger partial charge in [0, 0.05) is 5.56 Å². The highest BCUT2D eigenvalue weighted by Gasteiger charge is 2.29. The van der Waals surface area contributed by atoms with Crippen molar-refractivity contribution in [1.29, 1.82) is 0 Å². The molecule has 2 nitrogen and oxygen atoms in total. The Morgan fingerprint density at radius 1 is 1.11 bits per heavy atom. The molecule has 0 unspecified atom stereocenters. The summed E-state index contributed by atoms with van der Waals surface area (Å²) in [7, 11) is 0. The molecule has 4 rings (SSSR count). The molecule has 27 heavy (non-hydrogen) atoms. The maximum atomic E-state index is 12.4. The average molecular weight is 360 g/mol. The summed E-state index contributed by atoms with van der Waals surface area (Å²) in [6.07, 6.45) is 6.41. The Morgan fingerprint density at radius 2 is 1.85 bits per heavy atom. The summed E-state index contributed by atoms with van der Waals surface area (Å²) in [4.78, 5) is 12.4. The number of rotatable bonds is 3. The van der Waals surface area contributed by atoms with E-state index in [9.17, 15) is 4.79 Å². The maximum Gasteiger partial charge on any atom is 0.249 e. The van der Waals surface area contributed by atoms with Gasteiger partial charge in [0.2, 0.25) is 5.91 Å². The van der Waals surface area contributed by atoms with Crippen LogP contribution in [0.3, 0.4) is 0 Å². The third-order valence-electron chi connectivity index (χ3n) is 6.37. The monoisotopic (exact) mass is 359 g/mol. The minimum Gasteiger partial charge on any atom is -0.366 e. The van der Waals surface area contributed by atoms with Crippen molar-refractivity contribution in [2.45, 2.75) is 65.7 Å². The second-order valence-corrected chi connectivity index (χ2v) is 9.10. The van der Waals surface area contributed by atoms with Crippen LogP contribution in [0.4, 0.5) is 0 Å². The number of hydrogen-bond donors (Lipinski definition) is 1. The quantitative estimate of drug-likeness (QED) is 0.772. The first-order valence-electron chi connectivity index (χ1n) is 10.0. The van der Waals surface area contributed by atoms with Gasteiger partial charge in [0.25, 0.3) is 0 Å². The van der Waals surface area contributed by atoms with Crippen LogP contribution < -0.4 is 5.73 Å². The summed E-state index contributed by atoms with van der Waals surface area (Å²) in [5.74, 6) is -0.314. The van der Waals surface area contributed by atoms with Crippen LogP contribution in [0, 0.1) is 6.92 Å². The number of carbonyl (C=O) groups is 1. The smallest absolute Gasteiger partial charge is 0.249 e. The van der Waals surface area contributed by atoms with Crippen LogP contribution in [0.25, 0.3) is 17.2 Å². The van der Waals surface area contributed by atoms with Gasteiger partial charge in [-0.15, -0.1) is 0 Å². The summed E-state index contributed by atoms with van der Waals surface area (Å²) in [5.41, 5.74) is 18.3. The lowest BCUT2D eigenvalue weighted by molar-refractivity contribution is 0.100. The Labute approximate surface area is 162 Å². The number of benzene rings is 2. The Morgan fingerprint density at radius 3 is 2.48 bits per heavy atom. The van der Waals surface area contributed by atoms with Gasteiger partial charge in [0.1, 0.15) is 0 Å². The maximum absolute atomic E-state index is 12.4. The third kappa shape index (κ3) is 2.82. The summed E-state index contributed by atoms with van der Waals surface area (Å²) in [6.45, 7) is 11.2. The molecule has 2 aromatic rings. The molecule has 2 bridgehead atoms. The molecule has 0 heterocycles. The van der Waals surface area contributed by atoms with Crippen molar-refractivity contribution < 1.29 is 4.79 Å². The summed E-state index contributed by atoms with van der Waals surface area (Å²) >= 11 is 0. The molecule has 0 saturated carbocycles. The van der Waals surface area contributed by atoms with Crippen molar-refractivity contribution in [3.8, 4) is 11.1 Å². The summed E-state index contributed by atoms with van der Waals surface area (Å²) in [6, 6.07) is 6.70. The second kappa shape index (κ2) is 6.09. The topological polar surface area (TPSA) is 43.1 Å². The highest BCUT2D eigenvalue weighted by Crippen LogP contribution is 2.44. The molecular weight excluding hydrogens is 330 g/mol. The second-order valence-electron chi connectivity index (χ2n) is 9.10. The van der Waals surface area contributed by atoms with E-state index in [0.717, 1.165) is 31.2 Å². The van der Waals surface area contributed by atoms with Gasteiger partial charge in [-0.05, 0) is 88.6 Å². The lowest BCUT2D eigenvalue weighted by atomic mass is 9.80. The van der Waals surface area contributed by atoms with Crippen LogP contribution >= 0.6 is 0 Å². The largest absolute Gasteiger partial charge is 0.366 e. The van der Waals surface area contributed by atoms with Crippen LogP contribution in [-0.2, 0) is 24.7 Å². The van der Waals surface area contributed by atoms with Crippen LogP contribution in [0.2, 0.25) is 0 Å². The number of fused-ring (bicyclic) bond motifs is 3. The van der Waals surface area contributed by atoms with Gasteiger partial charge in [-0.2, -0.15) is 0 Å². The molecule has 2 aliphatic rings. The minimum atomic E-state index is -0.314. The molecule has 0 spiro atoms. The number of amides is 1. The van der Waals surface area contributed by atoms with Crippen LogP contribution in [0.5, 0.6) is 0 Å². The Balaban J connectivity index is 2.05. The number of allylic oxidation sites excluding steroid dienone is 1. The first-order chi connectivity index (χ1) is 12.7. The van der Waals surface area contributed by atoms with Crippen LogP contribution in [0.15, 0.2) is 23.8 Å². The highest BCUT2D eigenvalue weighted by molar-refractivity contribution is 6.02. The van der Waals surface area contributed by atoms with E-state index in [4.69, 9.17) is 5.73 Å². The molecule has 0 aliphatic heterocycles. The Hall–Kier alpha value is -2.35. The summed E-state index contributed by atoms with van der Waals surface area (Å²) in [5, 5.41) is 0. The van der Waals surface area contributed by atoms with E-state index >= 15 is 0 Å². The zero-order valence-electron chi connectivity index (χ0n) is 17.1. The fourth-order valence-electron chi connectivity index (χ4n) is 4.63. The van der Waals surface area contributed by atoms with Crippen molar-refractivity contribution in [2.75, 3.05) is 0 Å². The fourth-order valence-corrected chi connectivity index (χ4v) is 4.63. The predicted molar refractivity (Wildman–Crippen MR) is 113 cm³/mol. The molecule has 0 aromatic heterocycles. The lowest BCUT2D eigenvalue weighted by Crippen LogP contribution is -2.15. The molecule has 0 fully saturated rings. The zero-order valence-corrected chi connectivity index (χ0v) is 17.1.